The fourth-order valence-corrected chi connectivity index (χ4v) is 4.09. The molecule has 3 N–H and O–H groups in total. The largest absolute Gasteiger partial charge is 0.494 e. The summed E-state index contributed by atoms with van der Waals surface area (Å²) in [7, 11) is 3.50. The number of fused-ring (bicyclic) bond motifs is 1. The number of rotatable bonds is 10. The molecule has 1 amide bonds. The van der Waals surface area contributed by atoms with Gasteiger partial charge in [-0.05, 0) is 49.6 Å². The molecular weight excluding hydrogens is 473 g/mol. The second-order valence-corrected chi connectivity index (χ2v) is 9.00. The average Bonchev–Trinajstić information content (AvgIpc) is 3.59. The van der Waals surface area contributed by atoms with Gasteiger partial charge in [0.25, 0.3) is 0 Å². The van der Waals surface area contributed by atoms with E-state index in [1.807, 2.05) is 7.05 Å². The molecule has 0 radical (unpaired) electrons. The fraction of sp³-hybridized carbons (Fsp3) is 0.320. The highest BCUT2D eigenvalue weighted by Gasteiger charge is 2.36. The van der Waals surface area contributed by atoms with Gasteiger partial charge < -0.3 is 25.4 Å². The van der Waals surface area contributed by atoms with Gasteiger partial charge in [0.05, 0.1) is 23.3 Å². The van der Waals surface area contributed by atoms with Crippen LogP contribution >= 0.6 is 11.6 Å². The maximum absolute atomic E-state index is 13.5. The van der Waals surface area contributed by atoms with Crippen LogP contribution in [0.2, 0.25) is 5.02 Å². The summed E-state index contributed by atoms with van der Waals surface area (Å²) in [5.41, 5.74) is 1.62. The van der Waals surface area contributed by atoms with Crippen molar-refractivity contribution in [1.29, 1.82) is 0 Å². The monoisotopic (exact) mass is 499 g/mol. The molecule has 2 aromatic carbocycles. The van der Waals surface area contributed by atoms with Gasteiger partial charge in [-0.1, -0.05) is 17.7 Å². The summed E-state index contributed by atoms with van der Waals surface area (Å²) in [6.45, 7) is 1.76. The van der Waals surface area contributed by atoms with E-state index in [1.165, 1.54) is 31.6 Å². The molecule has 1 heterocycles. The first kappa shape index (κ1) is 24.8. The van der Waals surface area contributed by atoms with Crippen LogP contribution in [0.3, 0.4) is 0 Å². The summed E-state index contributed by atoms with van der Waals surface area (Å²) in [4.78, 5) is 23.3. The van der Waals surface area contributed by atoms with Crippen LogP contribution in [0.25, 0.3) is 10.9 Å². The van der Waals surface area contributed by atoms with Gasteiger partial charge in [-0.15, -0.1) is 0 Å². The van der Waals surface area contributed by atoms with Crippen LogP contribution in [0.5, 0.6) is 5.75 Å². The van der Waals surface area contributed by atoms with Crippen LogP contribution in [-0.2, 0) is 4.79 Å². The summed E-state index contributed by atoms with van der Waals surface area (Å²) in [6.07, 6.45) is 5.74. The second kappa shape index (κ2) is 11.0. The number of amides is 1. The summed E-state index contributed by atoms with van der Waals surface area (Å²) < 4.78 is 19.0. The number of aromatic nitrogens is 2. The Hall–Kier alpha value is -3.27. The van der Waals surface area contributed by atoms with Gasteiger partial charge in [0.2, 0.25) is 5.91 Å². The molecule has 4 rings (SSSR count). The Labute approximate surface area is 207 Å². The first-order chi connectivity index (χ1) is 16.9. The molecular formula is C25H27ClFN5O3. The van der Waals surface area contributed by atoms with E-state index in [9.17, 15) is 14.3 Å². The van der Waals surface area contributed by atoms with E-state index in [1.54, 1.807) is 24.3 Å². The summed E-state index contributed by atoms with van der Waals surface area (Å²) in [5.74, 6) is 1.05. The predicted octanol–water partition coefficient (Wildman–Crippen LogP) is 4.23. The van der Waals surface area contributed by atoms with E-state index in [4.69, 9.17) is 16.3 Å². The van der Waals surface area contributed by atoms with E-state index in [0.29, 0.717) is 52.2 Å². The Balaban J connectivity index is 1.48. The summed E-state index contributed by atoms with van der Waals surface area (Å²) in [6, 6.07) is 7.71. The topological polar surface area (TPSA) is 99.6 Å². The minimum absolute atomic E-state index is 0.00855. The Kier molecular flexibility index (Phi) is 7.80. The van der Waals surface area contributed by atoms with Crippen molar-refractivity contribution in [1.82, 2.24) is 14.9 Å². The summed E-state index contributed by atoms with van der Waals surface area (Å²) in [5, 5.41) is 15.8. The number of aliphatic hydroxyl groups is 1. The van der Waals surface area contributed by atoms with Crippen LogP contribution in [0, 0.1) is 17.7 Å². The van der Waals surface area contributed by atoms with E-state index >= 15 is 0 Å². The van der Waals surface area contributed by atoms with Crippen molar-refractivity contribution in [3.63, 3.8) is 0 Å². The quantitative estimate of drug-likeness (QED) is 0.359. The molecule has 1 aliphatic carbocycles. The zero-order valence-electron chi connectivity index (χ0n) is 19.5. The molecule has 0 bridgehead atoms. The first-order valence-electron chi connectivity index (χ1n) is 11.2. The number of nitrogens with one attached hydrogen (secondary N) is 2. The van der Waals surface area contributed by atoms with Crippen molar-refractivity contribution in [3.8, 4) is 5.75 Å². The third-order valence-electron chi connectivity index (χ3n) is 5.93. The lowest BCUT2D eigenvalue weighted by Gasteiger charge is -2.14. The molecule has 35 heavy (non-hydrogen) atoms. The third kappa shape index (κ3) is 6.25. The highest BCUT2D eigenvalue weighted by Crippen LogP contribution is 2.38. The van der Waals surface area contributed by atoms with Crippen molar-refractivity contribution in [2.24, 2.45) is 11.8 Å². The van der Waals surface area contributed by atoms with Crippen molar-refractivity contribution in [3.05, 3.63) is 59.7 Å². The van der Waals surface area contributed by atoms with E-state index in [-0.39, 0.29) is 17.5 Å². The molecule has 1 saturated carbocycles. The number of methoxy groups -OCH3 is 1. The SMILES string of the molecule is COc1cc2ncnc(Nc3ccc(F)c(Cl)c3)c2cc1NC(=O)C=CCN(C)CC1CC1CO. The lowest BCUT2D eigenvalue weighted by molar-refractivity contribution is -0.111. The minimum atomic E-state index is -0.513. The number of carbonyl (C=O) groups is 1. The van der Waals surface area contributed by atoms with Crippen LogP contribution in [-0.4, -0.2) is 59.7 Å². The second-order valence-electron chi connectivity index (χ2n) is 8.60. The predicted molar refractivity (Wildman–Crippen MR) is 135 cm³/mol. The molecule has 184 valence electrons. The molecule has 10 heteroatoms. The Bertz CT molecular complexity index is 1260. The van der Waals surface area contributed by atoms with Gasteiger partial charge in [-0.2, -0.15) is 0 Å². The number of hydrogen-bond donors (Lipinski definition) is 3. The zero-order valence-corrected chi connectivity index (χ0v) is 20.2. The molecule has 0 saturated heterocycles. The molecule has 1 aromatic heterocycles. The minimum Gasteiger partial charge on any atom is -0.494 e. The van der Waals surface area contributed by atoms with Crippen molar-refractivity contribution in [2.45, 2.75) is 6.42 Å². The van der Waals surface area contributed by atoms with Crippen LogP contribution in [0.1, 0.15) is 6.42 Å². The number of carbonyl (C=O) groups excluding carboxylic acids is 1. The number of likely N-dealkylation sites (N-methyl/N-ethyl adjacent to an activating group) is 1. The lowest BCUT2D eigenvalue weighted by Crippen LogP contribution is -2.22. The van der Waals surface area contributed by atoms with Crippen LogP contribution < -0.4 is 15.4 Å². The Morgan fingerprint density at radius 3 is 2.86 bits per heavy atom. The van der Waals surface area contributed by atoms with E-state index < -0.39 is 5.82 Å². The van der Waals surface area contributed by atoms with Gasteiger partial charge in [-0.25, -0.2) is 14.4 Å². The van der Waals surface area contributed by atoms with Gasteiger partial charge >= 0.3 is 0 Å². The number of hydrogen-bond acceptors (Lipinski definition) is 7. The lowest BCUT2D eigenvalue weighted by atomic mass is 10.1. The highest BCUT2D eigenvalue weighted by atomic mass is 35.5. The molecule has 1 fully saturated rings. The van der Waals surface area contributed by atoms with Crippen molar-refractivity contribution < 1.29 is 19.0 Å². The number of ether oxygens (including phenoxy) is 1. The van der Waals surface area contributed by atoms with Crippen molar-refractivity contribution >= 4 is 45.6 Å². The van der Waals surface area contributed by atoms with Gasteiger partial charge in [0.1, 0.15) is 23.7 Å². The molecule has 1 aliphatic rings. The molecule has 0 aliphatic heterocycles. The number of aliphatic hydroxyl groups excluding tert-OH is 1. The number of halogens is 2. The third-order valence-corrected chi connectivity index (χ3v) is 6.22. The zero-order chi connectivity index (χ0) is 24.9. The average molecular weight is 500 g/mol. The van der Waals surface area contributed by atoms with E-state index in [2.05, 4.69) is 25.5 Å². The number of anilines is 3. The normalized spacial score (nSPS) is 17.2. The number of nitrogens with zero attached hydrogens (tertiary/aromatic N) is 3. The smallest absolute Gasteiger partial charge is 0.248 e. The fourth-order valence-electron chi connectivity index (χ4n) is 3.91. The van der Waals surface area contributed by atoms with Gasteiger partial charge in [-0.3, -0.25) is 4.79 Å². The molecule has 3 aromatic rings. The van der Waals surface area contributed by atoms with Crippen LogP contribution in [0.4, 0.5) is 21.6 Å². The van der Waals surface area contributed by atoms with E-state index in [0.717, 1.165) is 13.0 Å². The number of benzene rings is 2. The summed E-state index contributed by atoms with van der Waals surface area (Å²) >= 11 is 5.89. The standard InChI is InChI=1S/C25H27ClFN5O3/c1-32(12-15-8-16(15)13-33)7-3-4-24(34)31-22-10-18-21(11-23(22)35-2)28-14-29-25(18)30-17-5-6-20(27)19(26)9-17/h3-6,9-11,14-16,33H,7-8,12-13H2,1-2H3,(H,31,34)(H,28,29,30). The maximum atomic E-state index is 13.5. The maximum Gasteiger partial charge on any atom is 0.248 e. The molecule has 2 unspecified atom stereocenters. The molecule has 8 nitrogen and oxygen atoms in total. The van der Waals surface area contributed by atoms with Gasteiger partial charge in [0.15, 0.2) is 0 Å². The molecule has 0 spiro atoms. The Morgan fingerprint density at radius 1 is 1.31 bits per heavy atom. The van der Waals surface area contributed by atoms with Gasteiger partial charge in [0, 0.05) is 42.9 Å². The Morgan fingerprint density at radius 2 is 2.14 bits per heavy atom. The molecule has 2 atom stereocenters. The first-order valence-corrected chi connectivity index (χ1v) is 11.6. The van der Waals surface area contributed by atoms with Crippen molar-refractivity contribution in [2.75, 3.05) is 44.5 Å². The van der Waals surface area contributed by atoms with Crippen LogP contribution in [0.15, 0.2) is 48.8 Å². The highest BCUT2D eigenvalue weighted by molar-refractivity contribution is 6.31.